The highest BCUT2D eigenvalue weighted by Crippen LogP contribution is 2.40. The lowest BCUT2D eigenvalue weighted by Gasteiger charge is -2.09. The van der Waals surface area contributed by atoms with E-state index >= 15 is 0 Å². The first-order chi connectivity index (χ1) is 8.70. The van der Waals surface area contributed by atoms with Crippen LogP contribution < -0.4 is 0 Å². The Bertz CT molecular complexity index is 595. The Morgan fingerprint density at radius 3 is 2.78 bits per heavy atom. The number of aromatic nitrogens is 3. The summed E-state index contributed by atoms with van der Waals surface area (Å²) in [6.45, 7) is -0.0886. The van der Waals surface area contributed by atoms with Crippen LogP contribution in [0.25, 0.3) is 11.4 Å². The second-order valence-electron chi connectivity index (χ2n) is 4.32. The van der Waals surface area contributed by atoms with Gasteiger partial charge < -0.3 is 9.67 Å². The van der Waals surface area contributed by atoms with Gasteiger partial charge in [0.15, 0.2) is 11.6 Å². The van der Waals surface area contributed by atoms with Crippen LogP contribution in [-0.2, 0) is 6.61 Å². The van der Waals surface area contributed by atoms with Crippen LogP contribution in [-0.4, -0.2) is 19.9 Å². The number of benzene rings is 1. The third kappa shape index (κ3) is 2.06. The van der Waals surface area contributed by atoms with Gasteiger partial charge in [0.2, 0.25) is 0 Å². The van der Waals surface area contributed by atoms with Crippen molar-refractivity contribution in [3.63, 3.8) is 0 Å². The van der Waals surface area contributed by atoms with E-state index in [-0.39, 0.29) is 6.61 Å². The molecule has 1 aromatic heterocycles. The molecule has 0 amide bonds. The normalized spacial score (nSPS) is 15.1. The minimum Gasteiger partial charge on any atom is -0.388 e. The molecule has 0 spiro atoms. The third-order valence-electron chi connectivity index (χ3n) is 2.99. The molecule has 0 radical (unpaired) electrons. The quantitative estimate of drug-likeness (QED) is 0.941. The third-order valence-corrected chi connectivity index (χ3v) is 3.88. The first-order valence-corrected chi connectivity index (χ1v) is 6.88. The van der Waals surface area contributed by atoms with E-state index in [2.05, 4.69) is 26.1 Å². The molecule has 2 aromatic rings. The minimum absolute atomic E-state index is 0.0886. The monoisotopic (exact) mass is 327 g/mol. The van der Waals surface area contributed by atoms with Crippen LogP contribution in [0.1, 0.15) is 24.7 Å². The van der Waals surface area contributed by atoms with Crippen molar-refractivity contribution in [2.24, 2.45) is 0 Å². The number of aliphatic hydroxyl groups is 1. The maximum absolute atomic E-state index is 9.31. The first kappa shape index (κ1) is 12.1. The predicted molar refractivity (Wildman–Crippen MR) is 72.4 cm³/mol. The molecule has 1 fully saturated rings. The van der Waals surface area contributed by atoms with E-state index in [1.807, 2.05) is 22.8 Å². The maximum atomic E-state index is 9.31. The molecule has 0 bridgehead atoms. The summed E-state index contributed by atoms with van der Waals surface area (Å²) in [5.41, 5.74) is 0.943. The highest BCUT2D eigenvalue weighted by molar-refractivity contribution is 9.10. The zero-order valence-electron chi connectivity index (χ0n) is 9.48. The largest absolute Gasteiger partial charge is 0.388 e. The summed E-state index contributed by atoms with van der Waals surface area (Å²) in [7, 11) is 0. The van der Waals surface area contributed by atoms with Gasteiger partial charge >= 0.3 is 0 Å². The van der Waals surface area contributed by atoms with Crippen molar-refractivity contribution in [2.45, 2.75) is 25.5 Å². The van der Waals surface area contributed by atoms with Crippen LogP contribution in [0.15, 0.2) is 22.7 Å². The summed E-state index contributed by atoms with van der Waals surface area (Å²) in [5, 5.41) is 18.2. The summed E-state index contributed by atoms with van der Waals surface area (Å²) in [6.07, 6.45) is 2.23. The van der Waals surface area contributed by atoms with Crippen molar-refractivity contribution in [1.29, 1.82) is 0 Å². The van der Waals surface area contributed by atoms with E-state index in [4.69, 9.17) is 11.6 Å². The van der Waals surface area contributed by atoms with E-state index in [1.54, 1.807) is 0 Å². The molecule has 0 atom stereocenters. The number of hydrogen-bond acceptors (Lipinski definition) is 3. The molecule has 4 nitrogen and oxygen atoms in total. The van der Waals surface area contributed by atoms with Gasteiger partial charge in [0.1, 0.15) is 6.61 Å². The van der Waals surface area contributed by atoms with Gasteiger partial charge in [0.25, 0.3) is 0 Å². The lowest BCUT2D eigenvalue weighted by molar-refractivity contribution is 0.265. The second-order valence-corrected chi connectivity index (χ2v) is 5.61. The predicted octanol–water partition coefficient (Wildman–Crippen LogP) is 3.19. The fraction of sp³-hybridized carbons (Fsp3) is 0.333. The Morgan fingerprint density at radius 2 is 2.17 bits per heavy atom. The fourth-order valence-electron chi connectivity index (χ4n) is 2.00. The lowest BCUT2D eigenvalue weighted by Crippen LogP contribution is -2.03. The maximum Gasteiger partial charge on any atom is 0.165 e. The number of hydrogen-bond donors (Lipinski definition) is 1. The average Bonchev–Trinajstić information content (AvgIpc) is 3.09. The number of rotatable bonds is 3. The van der Waals surface area contributed by atoms with Crippen molar-refractivity contribution in [2.75, 3.05) is 0 Å². The molecule has 1 N–H and O–H groups in total. The van der Waals surface area contributed by atoms with Crippen LogP contribution in [0.5, 0.6) is 0 Å². The van der Waals surface area contributed by atoms with Gasteiger partial charge in [-0.1, -0.05) is 11.6 Å². The smallest absolute Gasteiger partial charge is 0.165 e. The summed E-state index contributed by atoms with van der Waals surface area (Å²) < 4.78 is 2.90. The Kier molecular flexibility index (Phi) is 3.13. The molecule has 0 unspecified atom stereocenters. The van der Waals surface area contributed by atoms with Gasteiger partial charge in [0, 0.05) is 21.1 Å². The van der Waals surface area contributed by atoms with Crippen LogP contribution >= 0.6 is 27.5 Å². The Labute approximate surface area is 118 Å². The molecule has 1 saturated carbocycles. The second kappa shape index (κ2) is 4.64. The standard InChI is InChI=1S/C12H11BrClN3O/c13-10-5-7(14)1-4-9(10)12-16-15-11(6-18)17(12)8-2-3-8/h1,4-5,8,18H,2-3,6H2. The molecule has 94 valence electrons. The molecular formula is C12H11BrClN3O. The number of nitrogens with zero attached hydrogens (tertiary/aromatic N) is 3. The van der Waals surface area contributed by atoms with Crippen molar-refractivity contribution in [3.05, 3.63) is 33.5 Å². The Balaban J connectivity index is 2.13. The van der Waals surface area contributed by atoms with Crippen molar-refractivity contribution in [1.82, 2.24) is 14.8 Å². The molecule has 3 rings (SSSR count). The molecule has 6 heteroatoms. The van der Waals surface area contributed by atoms with Gasteiger partial charge in [-0.15, -0.1) is 10.2 Å². The molecule has 1 aliphatic carbocycles. The van der Waals surface area contributed by atoms with Gasteiger partial charge in [-0.2, -0.15) is 0 Å². The summed E-state index contributed by atoms with van der Waals surface area (Å²) in [6, 6.07) is 5.99. The molecule has 18 heavy (non-hydrogen) atoms. The Morgan fingerprint density at radius 1 is 1.39 bits per heavy atom. The van der Waals surface area contributed by atoms with Crippen LogP contribution in [0.4, 0.5) is 0 Å². The van der Waals surface area contributed by atoms with Gasteiger partial charge in [0.05, 0.1) is 0 Å². The summed E-state index contributed by atoms with van der Waals surface area (Å²) in [4.78, 5) is 0. The van der Waals surface area contributed by atoms with Crippen molar-refractivity contribution >= 4 is 27.5 Å². The van der Waals surface area contributed by atoms with E-state index in [0.717, 1.165) is 28.7 Å². The van der Waals surface area contributed by atoms with Crippen molar-refractivity contribution in [3.8, 4) is 11.4 Å². The zero-order chi connectivity index (χ0) is 12.7. The molecule has 1 aliphatic rings. The molecular weight excluding hydrogens is 318 g/mol. The van der Waals surface area contributed by atoms with Gasteiger partial charge in [-0.3, -0.25) is 0 Å². The zero-order valence-corrected chi connectivity index (χ0v) is 11.8. The fourth-order valence-corrected chi connectivity index (χ4v) is 2.86. The molecule has 0 saturated heterocycles. The van der Waals surface area contributed by atoms with E-state index in [0.29, 0.717) is 16.9 Å². The van der Waals surface area contributed by atoms with Gasteiger partial charge in [-0.05, 0) is 47.0 Å². The number of aliphatic hydroxyl groups excluding tert-OH is 1. The number of halogens is 2. The first-order valence-electron chi connectivity index (χ1n) is 5.70. The summed E-state index contributed by atoms with van der Waals surface area (Å²) in [5.74, 6) is 1.40. The van der Waals surface area contributed by atoms with E-state index in [1.165, 1.54) is 0 Å². The highest BCUT2D eigenvalue weighted by atomic mass is 79.9. The molecule has 1 heterocycles. The van der Waals surface area contributed by atoms with E-state index in [9.17, 15) is 5.11 Å². The average molecular weight is 329 g/mol. The van der Waals surface area contributed by atoms with Gasteiger partial charge in [-0.25, -0.2) is 0 Å². The topological polar surface area (TPSA) is 50.9 Å². The highest BCUT2D eigenvalue weighted by Gasteiger charge is 2.30. The van der Waals surface area contributed by atoms with Crippen LogP contribution in [0, 0.1) is 0 Å². The minimum atomic E-state index is -0.0886. The SMILES string of the molecule is OCc1nnc(-c2ccc(Cl)cc2Br)n1C1CC1. The molecule has 1 aromatic carbocycles. The Hall–Kier alpha value is -0.910. The lowest BCUT2D eigenvalue weighted by atomic mass is 10.2. The summed E-state index contributed by atoms with van der Waals surface area (Å²) >= 11 is 9.43. The van der Waals surface area contributed by atoms with Crippen LogP contribution in [0.2, 0.25) is 5.02 Å². The van der Waals surface area contributed by atoms with Crippen LogP contribution in [0.3, 0.4) is 0 Å². The van der Waals surface area contributed by atoms with Crippen molar-refractivity contribution < 1.29 is 5.11 Å². The molecule has 0 aliphatic heterocycles. The van der Waals surface area contributed by atoms with E-state index < -0.39 is 0 Å².